The Morgan fingerprint density at radius 3 is 2.14 bits per heavy atom. The molecule has 0 aliphatic carbocycles. The fourth-order valence-electron chi connectivity index (χ4n) is 1.70. The average molecular weight is 353 g/mol. The van der Waals surface area contributed by atoms with Gasteiger partial charge >= 0.3 is 6.18 Å². The van der Waals surface area contributed by atoms with Gasteiger partial charge in [-0.3, -0.25) is 0 Å². The Hall–Kier alpha value is -0.880. The smallest absolute Gasteiger partial charge is 0.392 e. The number of halogens is 5. The fourth-order valence-corrected chi connectivity index (χ4v) is 2.96. The van der Waals surface area contributed by atoms with Gasteiger partial charge in [-0.25, -0.2) is 0 Å². The van der Waals surface area contributed by atoms with Crippen LogP contribution in [0.4, 0.5) is 13.2 Å². The van der Waals surface area contributed by atoms with Gasteiger partial charge in [-0.1, -0.05) is 41.0 Å². The summed E-state index contributed by atoms with van der Waals surface area (Å²) in [6.07, 6.45) is -4.51. The summed E-state index contributed by atoms with van der Waals surface area (Å²) in [7, 11) is 0. The van der Waals surface area contributed by atoms with Crippen LogP contribution < -0.4 is 0 Å². The minimum atomic E-state index is -4.51. The van der Waals surface area contributed by atoms with Gasteiger partial charge in [0.2, 0.25) is 0 Å². The van der Waals surface area contributed by atoms with Gasteiger partial charge in [0.05, 0.1) is 22.2 Å². The predicted octanol–water partition coefficient (Wildman–Crippen LogP) is 5.66. The Labute approximate surface area is 133 Å². The number of rotatable bonds is 3. The lowest BCUT2D eigenvalue weighted by Gasteiger charge is -2.13. The number of hydrogen-bond acceptors (Lipinski definition) is 2. The minimum Gasteiger partial charge on any atom is -0.392 e. The Balaban J connectivity index is 2.34. The first-order chi connectivity index (χ1) is 9.81. The first-order valence-corrected chi connectivity index (χ1v) is 7.32. The van der Waals surface area contributed by atoms with Crippen molar-refractivity contribution in [2.45, 2.75) is 22.6 Å². The molecule has 1 nitrogen and oxygen atoms in total. The van der Waals surface area contributed by atoms with Crippen LogP contribution in [0.2, 0.25) is 10.0 Å². The van der Waals surface area contributed by atoms with Gasteiger partial charge in [0, 0.05) is 9.79 Å². The van der Waals surface area contributed by atoms with E-state index in [4.69, 9.17) is 28.3 Å². The first kappa shape index (κ1) is 16.5. The number of aliphatic hydroxyl groups is 1. The molecule has 0 spiro atoms. The van der Waals surface area contributed by atoms with E-state index in [1.165, 1.54) is 12.1 Å². The number of hydrogen-bond donors (Lipinski definition) is 1. The van der Waals surface area contributed by atoms with Crippen LogP contribution >= 0.6 is 35.0 Å². The van der Waals surface area contributed by atoms with E-state index in [-0.39, 0.29) is 5.56 Å². The maximum atomic E-state index is 12.9. The highest BCUT2D eigenvalue weighted by Crippen LogP contribution is 2.37. The van der Waals surface area contributed by atoms with E-state index in [0.29, 0.717) is 19.8 Å². The maximum Gasteiger partial charge on any atom is 0.416 e. The summed E-state index contributed by atoms with van der Waals surface area (Å²) in [5.74, 6) is 0. The Morgan fingerprint density at radius 1 is 0.952 bits per heavy atom. The SMILES string of the molecule is OCc1ccc(Sc2ccc(Cl)c(Cl)c2)cc1C(F)(F)F. The van der Waals surface area contributed by atoms with Crippen LogP contribution in [0.5, 0.6) is 0 Å². The van der Waals surface area contributed by atoms with E-state index in [0.717, 1.165) is 17.8 Å². The zero-order valence-corrected chi connectivity index (χ0v) is 12.7. The molecule has 0 saturated carbocycles. The van der Waals surface area contributed by atoms with Crippen molar-refractivity contribution in [3.05, 3.63) is 57.6 Å². The fraction of sp³-hybridized carbons (Fsp3) is 0.143. The summed E-state index contributed by atoms with van der Waals surface area (Å²) in [5.41, 5.74) is -0.990. The lowest BCUT2D eigenvalue weighted by Crippen LogP contribution is -2.09. The normalized spacial score (nSPS) is 11.7. The largest absolute Gasteiger partial charge is 0.416 e. The zero-order chi connectivity index (χ0) is 15.6. The summed E-state index contributed by atoms with van der Waals surface area (Å²) < 4.78 is 38.7. The van der Waals surface area contributed by atoms with Crippen LogP contribution in [0.1, 0.15) is 11.1 Å². The van der Waals surface area contributed by atoms with Gasteiger partial charge in [-0.2, -0.15) is 13.2 Å². The standard InChI is InChI=1S/C14H9Cl2F3OS/c15-12-4-3-10(6-13(12)16)21-9-2-1-8(7-20)11(5-9)14(17,18)19/h1-6,20H,7H2. The van der Waals surface area contributed by atoms with Gasteiger partial charge in [0.15, 0.2) is 0 Å². The molecule has 0 radical (unpaired) electrons. The second-order valence-corrected chi connectivity index (χ2v) is 6.11. The van der Waals surface area contributed by atoms with Gasteiger partial charge in [-0.15, -0.1) is 0 Å². The summed E-state index contributed by atoms with van der Waals surface area (Å²) in [6, 6.07) is 8.64. The molecule has 0 aliphatic heterocycles. The van der Waals surface area contributed by atoms with E-state index in [1.54, 1.807) is 18.2 Å². The van der Waals surface area contributed by atoms with Crippen molar-refractivity contribution in [2.75, 3.05) is 0 Å². The van der Waals surface area contributed by atoms with Crippen molar-refractivity contribution >= 4 is 35.0 Å². The third kappa shape index (κ3) is 4.07. The second kappa shape index (κ2) is 6.48. The number of benzene rings is 2. The first-order valence-electron chi connectivity index (χ1n) is 5.75. The van der Waals surface area contributed by atoms with E-state index >= 15 is 0 Å². The quantitative estimate of drug-likeness (QED) is 0.769. The summed E-state index contributed by atoms with van der Waals surface area (Å²) in [4.78, 5) is 1.08. The molecule has 0 bridgehead atoms. The highest BCUT2D eigenvalue weighted by molar-refractivity contribution is 7.99. The Kier molecular flexibility index (Phi) is 5.09. The monoisotopic (exact) mass is 352 g/mol. The minimum absolute atomic E-state index is 0.152. The van der Waals surface area contributed by atoms with Crippen molar-refractivity contribution in [3.63, 3.8) is 0 Å². The van der Waals surface area contributed by atoms with Gasteiger partial charge < -0.3 is 5.11 Å². The third-order valence-corrected chi connectivity index (χ3v) is 4.40. The molecular weight excluding hydrogens is 344 g/mol. The molecule has 0 atom stereocenters. The van der Waals surface area contributed by atoms with Crippen molar-refractivity contribution in [1.82, 2.24) is 0 Å². The van der Waals surface area contributed by atoms with Crippen molar-refractivity contribution in [1.29, 1.82) is 0 Å². The highest BCUT2D eigenvalue weighted by atomic mass is 35.5. The molecule has 0 unspecified atom stereocenters. The van der Waals surface area contributed by atoms with Crippen LogP contribution in [0.3, 0.4) is 0 Å². The Morgan fingerprint density at radius 2 is 1.57 bits per heavy atom. The molecule has 0 aliphatic rings. The van der Waals surface area contributed by atoms with Crippen LogP contribution in [-0.2, 0) is 12.8 Å². The maximum absolute atomic E-state index is 12.9. The Bertz CT molecular complexity index is 659. The topological polar surface area (TPSA) is 20.2 Å². The van der Waals surface area contributed by atoms with Crippen molar-refractivity contribution < 1.29 is 18.3 Å². The van der Waals surface area contributed by atoms with Crippen molar-refractivity contribution in [3.8, 4) is 0 Å². The van der Waals surface area contributed by atoms with Crippen molar-refractivity contribution in [2.24, 2.45) is 0 Å². The lowest BCUT2D eigenvalue weighted by molar-refractivity contribution is -0.138. The third-order valence-electron chi connectivity index (χ3n) is 2.68. The van der Waals surface area contributed by atoms with E-state index in [9.17, 15) is 13.2 Å². The van der Waals surface area contributed by atoms with Crippen LogP contribution in [-0.4, -0.2) is 5.11 Å². The van der Waals surface area contributed by atoms with Gasteiger partial charge in [-0.05, 0) is 35.9 Å². The molecule has 2 aromatic carbocycles. The molecule has 0 saturated heterocycles. The summed E-state index contributed by atoms with van der Waals surface area (Å²) >= 11 is 12.8. The molecule has 21 heavy (non-hydrogen) atoms. The van der Waals surface area contributed by atoms with Crippen LogP contribution in [0.15, 0.2) is 46.2 Å². The lowest BCUT2D eigenvalue weighted by atomic mass is 10.1. The molecule has 0 amide bonds. The van der Waals surface area contributed by atoms with E-state index < -0.39 is 18.3 Å². The number of alkyl halides is 3. The molecule has 2 rings (SSSR count). The molecule has 1 N–H and O–H groups in total. The molecular formula is C14H9Cl2F3OS. The van der Waals surface area contributed by atoms with E-state index in [2.05, 4.69) is 0 Å². The molecule has 112 valence electrons. The van der Waals surface area contributed by atoms with Crippen LogP contribution in [0, 0.1) is 0 Å². The predicted molar refractivity (Wildman–Crippen MR) is 78.0 cm³/mol. The second-order valence-electron chi connectivity index (χ2n) is 4.15. The summed E-state index contributed by atoms with van der Waals surface area (Å²) in [5, 5.41) is 9.71. The van der Waals surface area contributed by atoms with Crippen LogP contribution in [0.25, 0.3) is 0 Å². The number of aliphatic hydroxyl groups excluding tert-OH is 1. The average Bonchev–Trinajstić information content (AvgIpc) is 2.42. The van der Waals surface area contributed by atoms with Gasteiger partial charge in [0.25, 0.3) is 0 Å². The van der Waals surface area contributed by atoms with E-state index in [1.807, 2.05) is 0 Å². The highest BCUT2D eigenvalue weighted by Gasteiger charge is 2.33. The molecule has 0 fully saturated rings. The van der Waals surface area contributed by atoms with Gasteiger partial charge in [0.1, 0.15) is 0 Å². The molecule has 7 heteroatoms. The molecule has 0 heterocycles. The molecule has 2 aromatic rings. The molecule has 0 aromatic heterocycles. The zero-order valence-electron chi connectivity index (χ0n) is 10.4. The summed E-state index contributed by atoms with van der Waals surface area (Å²) in [6.45, 7) is -0.660.